The Morgan fingerprint density at radius 2 is 1.81 bits per heavy atom. The van der Waals surface area contributed by atoms with Crippen molar-refractivity contribution in [2.45, 2.75) is 55.1 Å². The third kappa shape index (κ3) is 7.84. The van der Waals surface area contributed by atoms with Gasteiger partial charge in [0.2, 0.25) is 17.7 Å². The second-order valence-electron chi connectivity index (χ2n) is 13.1. The summed E-state index contributed by atoms with van der Waals surface area (Å²) >= 11 is 9.51. The van der Waals surface area contributed by atoms with Crippen LogP contribution < -0.4 is 26.0 Å². The van der Waals surface area contributed by atoms with Gasteiger partial charge in [-0.15, -0.1) is 21.4 Å². The highest BCUT2D eigenvalue weighted by Crippen LogP contribution is 2.40. The average Bonchev–Trinajstić information content (AvgIpc) is 3.71. The standard InChI is InChI=1S/C36H35ClF2N8O5S/c37-36(38,39)52-24-4-2-23(3-5-24)46-16-12-28(44-46)27-18-21(31(40)49)19-42-32(27)45-14-10-22(11-15-45)41-13-9-20-1-6-25-26(17-20)34(51)47(35(25)53)29-7-8-30(48)43-33(29)50/h1-6,12,16-19,22,29,35,41,53H,7-11,13-15H2,(H2,40,49)(H,43,48,50). The average molecular weight is 765 g/mol. The van der Waals surface area contributed by atoms with Crippen LogP contribution in [0.15, 0.2) is 67.0 Å². The third-order valence-corrected chi connectivity index (χ3v) is 10.3. The van der Waals surface area contributed by atoms with Crippen LogP contribution in [-0.4, -0.2) is 80.6 Å². The minimum absolute atomic E-state index is 0.105. The van der Waals surface area contributed by atoms with Crippen molar-refractivity contribution in [3.8, 4) is 22.7 Å². The van der Waals surface area contributed by atoms with Gasteiger partial charge in [0, 0.05) is 60.7 Å². The van der Waals surface area contributed by atoms with Crippen LogP contribution >= 0.6 is 24.2 Å². The fourth-order valence-electron chi connectivity index (χ4n) is 6.99. The number of primary amides is 1. The molecule has 2 fully saturated rings. The molecule has 3 aliphatic rings. The third-order valence-electron chi connectivity index (χ3n) is 9.66. The number of hydrogen-bond acceptors (Lipinski definition) is 10. The van der Waals surface area contributed by atoms with Gasteiger partial charge in [0.15, 0.2) is 0 Å². The van der Waals surface area contributed by atoms with Crippen molar-refractivity contribution in [3.63, 3.8) is 0 Å². The number of imide groups is 1. The molecule has 17 heteroatoms. The number of fused-ring (bicyclic) bond motifs is 1. The predicted molar refractivity (Wildman–Crippen MR) is 194 cm³/mol. The van der Waals surface area contributed by atoms with Crippen molar-refractivity contribution in [1.29, 1.82) is 0 Å². The van der Waals surface area contributed by atoms with Gasteiger partial charge in [0.1, 0.15) is 23.0 Å². The molecule has 4 aromatic rings. The number of carbonyl (C=O) groups is 4. The van der Waals surface area contributed by atoms with Crippen molar-refractivity contribution < 1.29 is 32.7 Å². The first-order chi connectivity index (χ1) is 25.3. The summed E-state index contributed by atoms with van der Waals surface area (Å²) in [6, 6.07) is 14.5. The van der Waals surface area contributed by atoms with Gasteiger partial charge < -0.3 is 25.6 Å². The summed E-state index contributed by atoms with van der Waals surface area (Å²) in [7, 11) is 0. The van der Waals surface area contributed by atoms with E-state index in [0.717, 1.165) is 24.0 Å². The Bertz CT molecular complexity index is 2070. The largest absolute Gasteiger partial charge is 0.487 e. The lowest BCUT2D eigenvalue weighted by Gasteiger charge is -2.34. The van der Waals surface area contributed by atoms with E-state index in [9.17, 15) is 28.0 Å². The maximum atomic E-state index is 13.4. The molecule has 2 aromatic heterocycles. The number of benzene rings is 2. The van der Waals surface area contributed by atoms with Gasteiger partial charge in [-0.2, -0.15) is 5.10 Å². The summed E-state index contributed by atoms with van der Waals surface area (Å²) in [6.45, 7) is 2.07. The van der Waals surface area contributed by atoms with E-state index >= 15 is 0 Å². The second-order valence-corrected chi connectivity index (χ2v) is 14.0. The molecular formula is C36H35ClF2N8O5S. The number of carbonyl (C=O) groups excluding carboxylic acids is 4. The lowest BCUT2D eigenvalue weighted by molar-refractivity contribution is -0.137. The Balaban J connectivity index is 0.969. The number of aromatic nitrogens is 3. The molecule has 0 bridgehead atoms. The molecule has 3 aliphatic heterocycles. The normalized spacial score (nSPS) is 19.4. The molecule has 53 heavy (non-hydrogen) atoms. The summed E-state index contributed by atoms with van der Waals surface area (Å²) in [5.41, 5.74) is 6.01. The maximum Gasteiger partial charge on any atom is 0.487 e. The maximum absolute atomic E-state index is 13.4. The van der Waals surface area contributed by atoms with E-state index in [0.29, 0.717) is 54.4 Å². The number of rotatable bonds is 11. The zero-order valence-electron chi connectivity index (χ0n) is 28.2. The van der Waals surface area contributed by atoms with E-state index in [4.69, 9.17) is 17.3 Å². The molecule has 2 atom stereocenters. The van der Waals surface area contributed by atoms with Gasteiger partial charge in [-0.05, 0) is 85.8 Å². The van der Waals surface area contributed by atoms with Gasteiger partial charge in [-0.1, -0.05) is 12.1 Å². The van der Waals surface area contributed by atoms with Crippen molar-refractivity contribution in [2.75, 3.05) is 24.5 Å². The van der Waals surface area contributed by atoms with Crippen LogP contribution in [0, 0.1) is 0 Å². The van der Waals surface area contributed by atoms with Crippen molar-refractivity contribution in [1.82, 2.24) is 30.3 Å². The molecule has 5 heterocycles. The van der Waals surface area contributed by atoms with E-state index in [1.807, 2.05) is 18.2 Å². The Kier molecular flexibility index (Phi) is 10.1. The quantitative estimate of drug-likeness (QED) is 0.0996. The highest BCUT2D eigenvalue weighted by atomic mass is 35.5. The summed E-state index contributed by atoms with van der Waals surface area (Å²) in [5.74, 6) is -1.14. The number of anilines is 1. The van der Waals surface area contributed by atoms with E-state index in [-0.39, 0.29) is 42.0 Å². The molecule has 0 saturated carbocycles. The van der Waals surface area contributed by atoms with Crippen LogP contribution in [0.1, 0.15) is 62.9 Å². The first-order valence-corrected chi connectivity index (χ1v) is 17.9. The Morgan fingerprint density at radius 3 is 2.51 bits per heavy atom. The minimum Gasteiger partial charge on any atom is -0.420 e. The summed E-state index contributed by atoms with van der Waals surface area (Å²) in [6.07, 6.45) is 5.95. The number of halogens is 3. The number of nitrogens with one attached hydrogen (secondary N) is 2. The van der Waals surface area contributed by atoms with Crippen molar-refractivity contribution >= 4 is 53.7 Å². The van der Waals surface area contributed by atoms with E-state index < -0.39 is 28.8 Å². The Morgan fingerprint density at radius 1 is 1.06 bits per heavy atom. The number of pyridine rings is 1. The molecule has 0 aliphatic carbocycles. The molecule has 2 saturated heterocycles. The highest BCUT2D eigenvalue weighted by Gasteiger charge is 2.43. The topological polar surface area (TPSA) is 165 Å². The Labute approximate surface area is 313 Å². The van der Waals surface area contributed by atoms with E-state index in [2.05, 4.69) is 43.0 Å². The van der Waals surface area contributed by atoms with Gasteiger partial charge in [-0.25, -0.2) is 9.67 Å². The molecule has 4 N–H and O–H groups in total. The van der Waals surface area contributed by atoms with Crippen LogP contribution in [0.4, 0.5) is 14.6 Å². The molecule has 7 rings (SSSR count). The molecule has 276 valence electrons. The molecule has 4 amide bonds. The molecular weight excluding hydrogens is 730 g/mol. The molecule has 0 radical (unpaired) electrons. The predicted octanol–water partition coefficient (Wildman–Crippen LogP) is 4.19. The monoisotopic (exact) mass is 764 g/mol. The first kappa shape index (κ1) is 36.3. The van der Waals surface area contributed by atoms with Crippen LogP contribution in [-0.2, 0) is 16.0 Å². The highest BCUT2D eigenvalue weighted by molar-refractivity contribution is 7.80. The zero-order chi connectivity index (χ0) is 37.4. The van der Waals surface area contributed by atoms with E-state index in [1.165, 1.54) is 23.2 Å². The van der Waals surface area contributed by atoms with Crippen molar-refractivity contribution in [3.05, 3.63) is 89.2 Å². The van der Waals surface area contributed by atoms with Crippen molar-refractivity contribution in [2.24, 2.45) is 5.73 Å². The number of nitrogens with two attached hydrogens (primary N) is 1. The summed E-state index contributed by atoms with van der Waals surface area (Å²) in [4.78, 5) is 57.8. The SMILES string of the molecule is NC(=O)c1cnc(N2CCC(NCCc3ccc4c(c3)C(=O)N(C3CCC(=O)NC3=O)C4S)CC2)c(-c2ccn(-c3ccc(OC(F)(F)Cl)cc3)n2)c1. The number of thiol groups is 1. The number of hydrogen-bond donors (Lipinski definition) is 4. The van der Waals surface area contributed by atoms with Crippen LogP contribution in [0.2, 0.25) is 0 Å². The lowest BCUT2D eigenvalue weighted by atomic mass is 10.0. The van der Waals surface area contributed by atoms with Gasteiger partial charge in [0.05, 0.1) is 16.9 Å². The zero-order valence-corrected chi connectivity index (χ0v) is 29.8. The lowest BCUT2D eigenvalue weighted by Crippen LogP contribution is -2.53. The van der Waals surface area contributed by atoms with Gasteiger partial charge >= 0.3 is 5.57 Å². The number of alkyl halides is 3. The second kappa shape index (κ2) is 14.8. The first-order valence-electron chi connectivity index (χ1n) is 17.0. The summed E-state index contributed by atoms with van der Waals surface area (Å²) < 4.78 is 32.0. The molecule has 2 unspecified atom stereocenters. The van der Waals surface area contributed by atoms with Crippen LogP contribution in [0.3, 0.4) is 0 Å². The summed E-state index contributed by atoms with van der Waals surface area (Å²) in [5, 5.41) is 10.1. The van der Waals surface area contributed by atoms with E-state index in [1.54, 1.807) is 35.1 Å². The molecule has 13 nitrogen and oxygen atoms in total. The van der Waals surface area contributed by atoms with Crippen LogP contribution in [0.25, 0.3) is 16.9 Å². The molecule has 0 spiro atoms. The minimum atomic E-state index is -3.82. The Hall–Kier alpha value is -5.06. The fourth-order valence-corrected chi connectivity index (χ4v) is 7.57. The number of nitrogens with zero attached hydrogens (tertiary/aromatic N) is 5. The smallest absolute Gasteiger partial charge is 0.420 e. The fraction of sp³-hybridized carbons (Fsp3) is 0.333. The number of ether oxygens (including phenoxy) is 1. The van der Waals surface area contributed by atoms with Gasteiger partial charge in [-0.3, -0.25) is 24.5 Å². The number of piperidine rings is 2. The van der Waals surface area contributed by atoms with Crippen LogP contribution in [0.5, 0.6) is 5.75 Å². The van der Waals surface area contributed by atoms with Gasteiger partial charge in [0.25, 0.3) is 5.91 Å². The number of amides is 4. The molecule has 2 aromatic carbocycles.